The van der Waals surface area contributed by atoms with Gasteiger partial charge in [0.15, 0.2) is 11.5 Å². The fraction of sp³-hybridized carbons (Fsp3) is 0.567. The van der Waals surface area contributed by atoms with E-state index < -0.39 is 28.0 Å². The Labute approximate surface area is 238 Å². The minimum atomic E-state index is -3.41. The third-order valence-corrected chi connectivity index (χ3v) is 9.88. The summed E-state index contributed by atoms with van der Waals surface area (Å²) in [6.45, 7) is 5.90. The second kappa shape index (κ2) is 13.7. The molecular weight excluding hydrogens is 532 g/mol. The predicted octanol–water partition coefficient (Wildman–Crippen LogP) is 4.89. The van der Waals surface area contributed by atoms with Gasteiger partial charge in [-0.2, -0.15) is 0 Å². The molecular formula is C30H42N2O7S. The Morgan fingerprint density at radius 1 is 1.00 bits per heavy atom. The Hall–Kier alpha value is -2.82. The van der Waals surface area contributed by atoms with E-state index in [4.69, 9.17) is 14.2 Å². The van der Waals surface area contributed by atoms with Crippen LogP contribution in [0.25, 0.3) is 0 Å². The van der Waals surface area contributed by atoms with Gasteiger partial charge in [-0.05, 0) is 48.2 Å². The monoisotopic (exact) mass is 574 g/mol. The zero-order valence-corrected chi connectivity index (χ0v) is 24.6. The van der Waals surface area contributed by atoms with E-state index in [-0.39, 0.29) is 18.5 Å². The summed E-state index contributed by atoms with van der Waals surface area (Å²) in [6.07, 6.45) is 4.35. The second-order valence-corrected chi connectivity index (χ2v) is 12.7. The number of unbranched alkanes of at least 4 members (excludes halogenated alkanes) is 3. The molecule has 2 aromatic rings. The molecule has 0 aromatic heterocycles. The van der Waals surface area contributed by atoms with E-state index in [0.29, 0.717) is 56.3 Å². The third-order valence-electron chi connectivity index (χ3n) is 7.92. The normalized spacial score (nSPS) is 20.8. The molecule has 0 radical (unpaired) electrons. The number of nitrogens with zero attached hydrogens (tertiary/aromatic N) is 2. The number of likely N-dealkylation sites (tertiary alicyclic amines) is 1. The Morgan fingerprint density at radius 3 is 2.40 bits per heavy atom. The van der Waals surface area contributed by atoms with Crippen molar-refractivity contribution in [2.75, 3.05) is 45.8 Å². The van der Waals surface area contributed by atoms with E-state index in [2.05, 4.69) is 11.8 Å². The van der Waals surface area contributed by atoms with Crippen molar-refractivity contribution >= 4 is 16.0 Å². The van der Waals surface area contributed by atoms with E-state index in [9.17, 15) is 18.3 Å². The van der Waals surface area contributed by atoms with Crippen LogP contribution < -0.4 is 14.2 Å². The first kappa shape index (κ1) is 30.1. The van der Waals surface area contributed by atoms with Crippen LogP contribution in [0.3, 0.4) is 0 Å². The van der Waals surface area contributed by atoms with Crippen molar-refractivity contribution in [3.63, 3.8) is 0 Å². The number of rotatable bonds is 15. The molecule has 9 nitrogen and oxygen atoms in total. The van der Waals surface area contributed by atoms with E-state index in [1.165, 1.54) is 0 Å². The number of carboxylic acids is 1. The number of aliphatic carboxylic acids is 1. The SMILES string of the molecule is CCCCCCS(=O)(=O)N(CCC)CCN1C[C@@H](c2ccc3c(c2)OCO3)[C@H](C(=O)O)[C@H]1c1ccc(OC)cc1. The Kier molecular flexibility index (Phi) is 10.3. The molecule has 40 heavy (non-hydrogen) atoms. The average molecular weight is 575 g/mol. The fourth-order valence-corrected chi connectivity index (χ4v) is 7.51. The molecule has 2 heterocycles. The largest absolute Gasteiger partial charge is 0.497 e. The van der Waals surface area contributed by atoms with E-state index in [1.807, 2.05) is 49.4 Å². The molecule has 0 saturated carbocycles. The van der Waals surface area contributed by atoms with Crippen LogP contribution in [0.15, 0.2) is 42.5 Å². The number of carbonyl (C=O) groups is 1. The molecule has 0 bridgehead atoms. The number of sulfonamides is 1. The standard InChI is InChI=1S/C30H42N2O7S/c1-4-6-7-8-18-40(35,36)32(15-5-2)17-16-31-20-25(23-11-14-26-27(19-23)39-21-38-26)28(30(33)34)29(31)22-9-12-24(37-3)13-10-22/h9-14,19,25,28-29H,4-8,15-18,20-21H2,1-3H3,(H,33,34)/t25-,28-,29+/m0/s1. The lowest BCUT2D eigenvalue weighted by atomic mass is 9.82. The quantitative estimate of drug-likeness (QED) is 0.300. The summed E-state index contributed by atoms with van der Waals surface area (Å²) in [5.74, 6) is 0.159. The molecule has 3 atom stereocenters. The molecule has 4 rings (SSSR count). The van der Waals surface area contributed by atoms with Gasteiger partial charge in [-0.1, -0.05) is 51.3 Å². The van der Waals surface area contributed by atoms with Crippen molar-refractivity contribution in [1.82, 2.24) is 9.21 Å². The van der Waals surface area contributed by atoms with Gasteiger partial charge in [-0.3, -0.25) is 9.69 Å². The highest BCUT2D eigenvalue weighted by Gasteiger charge is 2.47. The Bertz CT molecular complexity index is 1240. The summed E-state index contributed by atoms with van der Waals surface area (Å²) in [5.41, 5.74) is 1.73. The van der Waals surface area contributed by atoms with Crippen molar-refractivity contribution in [3.05, 3.63) is 53.6 Å². The highest BCUT2D eigenvalue weighted by atomic mass is 32.2. The van der Waals surface area contributed by atoms with Gasteiger partial charge in [-0.15, -0.1) is 0 Å². The van der Waals surface area contributed by atoms with Gasteiger partial charge in [0.25, 0.3) is 0 Å². The number of ether oxygens (including phenoxy) is 3. The molecule has 2 aliphatic rings. The third kappa shape index (κ3) is 6.90. The van der Waals surface area contributed by atoms with Crippen molar-refractivity contribution in [2.45, 2.75) is 57.9 Å². The molecule has 0 aliphatic carbocycles. The average Bonchev–Trinajstić information content (AvgIpc) is 3.58. The number of fused-ring (bicyclic) bond motifs is 1. The highest BCUT2D eigenvalue weighted by Crippen LogP contribution is 2.47. The lowest BCUT2D eigenvalue weighted by Crippen LogP contribution is -2.40. The molecule has 0 spiro atoms. The summed E-state index contributed by atoms with van der Waals surface area (Å²) >= 11 is 0. The molecule has 1 N–H and O–H groups in total. The molecule has 1 saturated heterocycles. The minimum absolute atomic E-state index is 0.145. The summed E-state index contributed by atoms with van der Waals surface area (Å²) in [6, 6.07) is 12.7. The molecule has 0 amide bonds. The van der Waals surface area contributed by atoms with Gasteiger partial charge >= 0.3 is 5.97 Å². The first-order valence-electron chi connectivity index (χ1n) is 14.3. The van der Waals surface area contributed by atoms with Gasteiger partial charge in [0, 0.05) is 38.1 Å². The summed E-state index contributed by atoms with van der Waals surface area (Å²) in [4.78, 5) is 15.0. The first-order chi connectivity index (χ1) is 19.3. The van der Waals surface area contributed by atoms with Crippen molar-refractivity contribution in [2.24, 2.45) is 5.92 Å². The van der Waals surface area contributed by atoms with E-state index in [1.54, 1.807) is 11.4 Å². The molecule has 220 valence electrons. The maximum absolute atomic E-state index is 13.3. The van der Waals surface area contributed by atoms with Crippen LogP contribution in [-0.4, -0.2) is 74.5 Å². The fourth-order valence-electron chi connectivity index (χ4n) is 5.86. The maximum atomic E-state index is 13.3. The lowest BCUT2D eigenvalue weighted by molar-refractivity contribution is -0.143. The number of carboxylic acid groups (broad SMARTS) is 1. The van der Waals surface area contributed by atoms with Crippen LogP contribution in [0, 0.1) is 5.92 Å². The van der Waals surface area contributed by atoms with Crippen molar-refractivity contribution in [1.29, 1.82) is 0 Å². The van der Waals surface area contributed by atoms with Gasteiger partial charge in [0.2, 0.25) is 16.8 Å². The van der Waals surface area contributed by atoms with Crippen molar-refractivity contribution < 1.29 is 32.5 Å². The van der Waals surface area contributed by atoms with Gasteiger partial charge in [0.1, 0.15) is 5.75 Å². The second-order valence-electron chi connectivity index (χ2n) is 10.6. The molecule has 10 heteroatoms. The maximum Gasteiger partial charge on any atom is 0.309 e. The van der Waals surface area contributed by atoms with Crippen LogP contribution in [0.1, 0.15) is 69.0 Å². The zero-order valence-electron chi connectivity index (χ0n) is 23.8. The molecule has 0 unspecified atom stereocenters. The number of hydrogen-bond donors (Lipinski definition) is 1. The number of benzene rings is 2. The highest BCUT2D eigenvalue weighted by molar-refractivity contribution is 7.89. The molecule has 1 fully saturated rings. The van der Waals surface area contributed by atoms with Gasteiger partial charge in [-0.25, -0.2) is 12.7 Å². The summed E-state index contributed by atoms with van der Waals surface area (Å²) in [7, 11) is -1.81. The van der Waals surface area contributed by atoms with Gasteiger partial charge < -0.3 is 19.3 Å². The van der Waals surface area contributed by atoms with E-state index >= 15 is 0 Å². The Morgan fingerprint density at radius 2 is 1.73 bits per heavy atom. The molecule has 2 aromatic carbocycles. The molecule has 2 aliphatic heterocycles. The van der Waals surface area contributed by atoms with Gasteiger partial charge in [0.05, 0.1) is 18.8 Å². The first-order valence-corrected chi connectivity index (χ1v) is 15.9. The van der Waals surface area contributed by atoms with Crippen LogP contribution in [0.2, 0.25) is 0 Å². The summed E-state index contributed by atoms with van der Waals surface area (Å²) < 4.78 is 44.5. The van der Waals surface area contributed by atoms with Crippen molar-refractivity contribution in [3.8, 4) is 17.2 Å². The summed E-state index contributed by atoms with van der Waals surface area (Å²) in [5, 5.41) is 10.5. The smallest absolute Gasteiger partial charge is 0.309 e. The van der Waals surface area contributed by atoms with Crippen LogP contribution in [-0.2, 0) is 14.8 Å². The predicted molar refractivity (Wildman–Crippen MR) is 154 cm³/mol. The topological polar surface area (TPSA) is 106 Å². The lowest BCUT2D eigenvalue weighted by Gasteiger charge is -2.30. The van der Waals surface area contributed by atoms with Crippen LogP contribution in [0.5, 0.6) is 17.2 Å². The van der Waals surface area contributed by atoms with Crippen LogP contribution in [0.4, 0.5) is 0 Å². The van der Waals surface area contributed by atoms with Crippen LogP contribution >= 0.6 is 0 Å². The van der Waals surface area contributed by atoms with E-state index in [0.717, 1.165) is 30.4 Å². The minimum Gasteiger partial charge on any atom is -0.497 e. The zero-order chi connectivity index (χ0) is 28.7. The number of hydrogen-bond acceptors (Lipinski definition) is 7. The Balaban J connectivity index is 1.62. The number of methoxy groups -OCH3 is 1.